The minimum Gasteiger partial charge on any atom is -0.490 e. The molecule has 0 bridgehead atoms. The Balaban J connectivity index is 2.15. The van der Waals surface area contributed by atoms with E-state index >= 15 is 0 Å². The summed E-state index contributed by atoms with van der Waals surface area (Å²) in [5.74, 6) is -0.589. The lowest BCUT2D eigenvalue weighted by molar-refractivity contribution is -0.139. The third-order valence-corrected chi connectivity index (χ3v) is 3.45. The van der Waals surface area contributed by atoms with Gasteiger partial charge in [0.2, 0.25) is 0 Å². The molecule has 0 heterocycles. The number of ether oxygens (including phenoxy) is 2. The molecule has 132 valence electrons. The number of aliphatic carboxylic acids is 1. The largest absolute Gasteiger partial charge is 0.490 e. The Kier molecular flexibility index (Phi) is 6.39. The normalized spacial score (nSPS) is 10.2. The van der Waals surface area contributed by atoms with Gasteiger partial charge >= 0.3 is 5.97 Å². The zero-order valence-electron chi connectivity index (χ0n) is 14.3. The average Bonchev–Trinajstić information content (AvgIpc) is 2.61. The molecule has 6 nitrogen and oxygen atoms in total. The molecular formula is C19H21NO5. The molecule has 0 aliphatic carbocycles. The van der Waals surface area contributed by atoms with Crippen molar-refractivity contribution in [3.05, 3.63) is 59.7 Å². The van der Waals surface area contributed by atoms with Gasteiger partial charge in [0, 0.05) is 19.2 Å². The summed E-state index contributed by atoms with van der Waals surface area (Å²) >= 11 is 0. The molecule has 0 unspecified atom stereocenters. The van der Waals surface area contributed by atoms with Crippen molar-refractivity contribution in [3.63, 3.8) is 0 Å². The summed E-state index contributed by atoms with van der Waals surface area (Å²) in [6, 6.07) is 14.4. The van der Waals surface area contributed by atoms with Crippen LogP contribution in [0.4, 0.5) is 0 Å². The molecule has 0 aromatic heterocycles. The van der Waals surface area contributed by atoms with Crippen LogP contribution >= 0.6 is 0 Å². The van der Waals surface area contributed by atoms with Crippen molar-refractivity contribution in [1.82, 2.24) is 4.90 Å². The van der Waals surface area contributed by atoms with E-state index in [0.717, 1.165) is 5.56 Å². The van der Waals surface area contributed by atoms with Crippen molar-refractivity contribution in [2.75, 3.05) is 20.3 Å². The molecule has 0 atom stereocenters. The fraction of sp³-hybridized carbons (Fsp3) is 0.263. The molecule has 6 heteroatoms. The van der Waals surface area contributed by atoms with Crippen molar-refractivity contribution in [3.8, 4) is 11.5 Å². The van der Waals surface area contributed by atoms with Gasteiger partial charge in [-0.25, -0.2) is 4.79 Å². The monoisotopic (exact) mass is 343 g/mol. The van der Waals surface area contributed by atoms with E-state index in [1.165, 1.54) is 0 Å². The van der Waals surface area contributed by atoms with Gasteiger partial charge in [-0.2, -0.15) is 0 Å². The number of rotatable bonds is 8. The number of hydrogen-bond donors (Lipinski definition) is 1. The lowest BCUT2D eigenvalue weighted by Crippen LogP contribution is -2.26. The SMILES string of the molecule is CCOc1cc(C(=O)N(C)Cc2ccccc2)ccc1OCC(=O)O. The summed E-state index contributed by atoms with van der Waals surface area (Å²) < 4.78 is 10.7. The lowest BCUT2D eigenvalue weighted by atomic mass is 10.1. The van der Waals surface area contributed by atoms with Crippen LogP contribution in [0.25, 0.3) is 0 Å². The number of carboxylic acids is 1. The van der Waals surface area contributed by atoms with Gasteiger partial charge in [-0.3, -0.25) is 4.79 Å². The second-order valence-corrected chi connectivity index (χ2v) is 5.42. The second kappa shape index (κ2) is 8.73. The first-order valence-corrected chi connectivity index (χ1v) is 7.92. The van der Waals surface area contributed by atoms with Crippen LogP contribution in [0.15, 0.2) is 48.5 Å². The van der Waals surface area contributed by atoms with E-state index in [9.17, 15) is 9.59 Å². The molecular weight excluding hydrogens is 322 g/mol. The summed E-state index contributed by atoms with van der Waals surface area (Å²) in [7, 11) is 1.73. The van der Waals surface area contributed by atoms with Crippen molar-refractivity contribution in [2.45, 2.75) is 13.5 Å². The Morgan fingerprint density at radius 2 is 1.76 bits per heavy atom. The van der Waals surface area contributed by atoms with Gasteiger partial charge in [-0.1, -0.05) is 30.3 Å². The lowest BCUT2D eigenvalue weighted by Gasteiger charge is -2.18. The molecule has 0 saturated heterocycles. The van der Waals surface area contributed by atoms with E-state index in [0.29, 0.717) is 30.2 Å². The molecule has 0 saturated carbocycles. The number of amides is 1. The van der Waals surface area contributed by atoms with Crippen LogP contribution in [-0.2, 0) is 11.3 Å². The summed E-state index contributed by atoms with van der Waals surface area (Å²) in [6.07, 6.45) is 0. The zero-order valence-corrected chi connectivity index (χ0v) is 14.3. The molecule has 0 aliphatic rings. The summed E-state index contributed by atoms with van der Waals surface area (Å²) in [5, 5.41) is 8.72. The quantitative estimate of drug-likeness (QED) is 0.798. The van der Waals surface area contributed by atoms with E-state index in [1.807, 2.05) is 30.3 Å². The Bertz CT molecular complexity index is 730. The summed E-state index contributed by atoms with van der Waals surface area (Å²) in [5.41, 5.74) is 1.48. The number of carboxylic acid groups (broad SMARTS) is 1. The van der Waals surface area contributed by atoms with E-state index in [2.05, 4.69) is 0 Å². The number of nitrogens with zero attached hydrogens (tertiary/aromatic N) is 1. The molecule has 2 aromatic carbocycles. The smallest absolute Gasteiger partial charge is 0.341 e. The summed E-state index contributed by atoms with van der Waals surface area (Å²) in [6.45, 7) is 2.19. The van der Waals surface area contributed by atoms with E-state index in [-0.39, 0.29) is 5.91 Å². The van der Waals surface area contributed by atoms with Gasteiger partial charge in [0.15, 0.2) is 18.1 Å². The molecule has 0 radical (unpaired) electrons. The van der Waals surface area contributed by atoms with Crippen LogP contribution in [0.1, 0.15) is 22.8 Å². The zero-order chi connectivity index (χ0) is 18.2. The highest BCUT2D eigenvalue weighted by atomic mass is 16.5. The Labute approximate surface area is 146 Å². The minimum atomic E-state index is -1.08. The number of hydrogen-bond acceptors (Lipinski definition) is 4. The third kappa shape index (κ3) is 5.24. The van der Waals surface area contributed by atoms with Crippen LogP contribution < -0.4 is 9.47 Å². The predicted molar refractivity (Wildman–Crippen MR) is 93.0 cm³/mol. The fourth-order valence-corrected chi connectivity index (χ4v) is 2.32. The van der Waals surface area contributed by atoms with Gasteiger partial charge in [0.05, 0.1) is 6.61 Å². The second-order valence-electron chi connectivity index (χ2n) is 5.42. The highest BCUT2D eigenvalue weighted by molar-refractivity contribution is 5.94. The Hall–Kier alpha value is -3.02. The molecule has 1 amide bonds. The minimum absolute atomic E-state index is 0.158. The molecule has 1 N–H and O–H groups in total. The molecule has 0 spiro atoms. The molecule has 2 aromatic rings. The van der Waals surface area contributed by atoms with Crippen molar-refractivity contribution in [1.29, 1.82) is 0 Å². The van der Waals surface area contributed by atoms with Gasteiger partial charge in [-0.15, -0.1) is 0 Å². The fourth-order valence-electron chi connectivity index (χ4n) is 2.32. The standard InChI is InChI=1S/C19H21NO5/c1-3-24-17-11-15(9-10-16(17)25-13-18(21)22)19(23)20(2)12-14-7-5-4-6-8-14/h4-11H,3,12-13H2,1-2H3,(H,21,22). The predicted octanol–water partition coefficient (Wildman–Crippen LogP) is 2.82. The first kappa shape index (κ1) is 18.3. The third-order valence-electron chi connectivity index (χ3n) is 3.45. The first-order valence-electron chi connectivity index (χ1n) is 7.92. The van der Waals surface area contributed by atoms with Gasteiger partial charge < -0.3 is 19.5 Å². The van der Waals surface area contributed by atoms with Gasteiger partial charge in [-0.05, 0) is 30.7 Å². The van der Waals surface area contributed by atoms with Crippen LogP contribution in [0.5, 0.6) is 11.5 Å². The maximum absolute atomic E-state index is 12.6. The average molecular weight is 343 g/mol. The molecule has 0 fully saturated rings. The van der Waals surface area contributed by atoms with Crippen LogP contribution in [0, 0.1) is 0 Å². The molecule has 25 heavy (non-hydrogen) atoms. The van der Waals surface area contributed by atoms with Crippen LogP contribution in [-0.4, -0.2) is 42.1 Å². The van der Waals surface area contributed by atoms with E-state index in [4.69, 9.17) is 14.6 Å². The Morgan fingerprint density at radius 3 is 2.40 bits per heavy atom. The highest BCUT2D eigenvalue weighted by Gasteiger charge is 2.16. The van der Waals surface area contributed by atoms with Crippen molar-refractivity contribution >= 4 is 11.9 Å². The Morgan fingerprint density at radius 1 is 1.04 bits per heavy atom. The van der Waals surface area contributed by atoms with Gasteiger partial charge in [0.1, 0.15) is 0 Å². The number of carbonyl (C=O) groups excluding carboxylic acids is 1. The maximum Gasteiger partial charge on any atom is 0.341 e. The van der Waals surface area contributed by atoms with Crippen LogP contribution in [0.2, 0.25) is 0 Å². The van der Waals surface area contributed by atoms with Crippen molar-refractivity contribution < 1.29 is 24.2 Å². The van der Waals surface area contributed by atoms with Crippen molar-refractivity contribution in [2.24, 2.45) is 0 Å². The maximum atomic E-state index is 12.6. The highest BCUT2D eigenvalue weighted by Crippen LogP contribution is 2.29. The van der Waals surface area contributed by atoms with Gasteiger partial charge in [0.25, 0.3) is 5.91 Å². The van der Waals surface area contributed by atoms with E-state index in [1.54, 1.807) is 37.1 Å². The number of benzene rings is 2. The number of carbonyl (C=O) groups is 2. The molecule has 2 rings (SSSR count). The van der Waals surface area contributed by atoms with Crippen LogP contribution in [0.3, 0.4) is 0 Å². The summed E-state index contributed by atoms with van der Waals surface area (Å²) in [4.78, 5) is 24.9. The van der Waals surface area contributed by atoms with E-state index < -0.39 is 12.6 Å². The molecule has 0 aliphatic heterocycles. The first-order chi connectivity index (χ1) is 12.0. The topological polar surface area (TPSA) is 76.1 Å².